The first-order valence-corrected chi connectivity index (χ1v) is 4.41. The predicted molar refractivity (Wildman–Crippen MR) is 45.1 cm³/mol. The maximum absolute atomic E-state index is 3.50. The highest BCUT2D eigenvalue weighted by molar-refractivity contribution is 9.10. The molecule has 2 rings (SSSR count). The molecule has 0 amide bonds. The fraction of sp³-hybridized carbons (Fsp3) is 0.500. The van der Waals surface area contributed by atoms with Gasteiger partial charge in [-0.05, 0) is 46.8 Å². The minimum absolute atomic E-state index is 1.22. The van der Waals surface area contributed by atoms with Gasteiger partial charge in [-0.15, -0.1) is 0 Å². The smallest absolute Gasteiger partial charge is 0.0848 e. The van der Waals surface area contributed by atoms with E-state index in [0.29, 0.717) is 0 Å². The van der Waals surface area contributed by atoms with Crippen molar-refractivity contribution in [2.24, 2.45) is 7.05 Å². The molecule has 1 nitrogen and oxygen atoms in total. The lowest BCUT2D eigenvalue weighted by atomic mass is 10.3. The Labute approximate surface area is 69.2 Å². The molecule has 1 aliphatic carbocycles. The Morgan fingerprint density at radius 1 is 1.50 bits per heavy atom. The van der Waals surface area contributed by atoms with Crippen LogP contribution in [0.1, 0.15) is 17.7 Å². The number of halogens is 1. The van der Waals surface area contributed by atoms with E-state index < -0.39 is 0 Å². The summed E-state index contributed by atoms with van der Waals surface area (Å²) in [6.07, 6.45) is 3.87. The van der Waals surface area contributed by atoms with E-state index in [1.54, 1.807) is 0 Å². The van der Waals surface area contributed by atoms with Gasteiger partial charge in [0, 0.05) is 12.7 Å². The molecule has 54 valence electrons. The SMILES string of the molecule is Cn1c(Br)cc2c1CCC2. The molecule has 0 saturated heterocycles. The quantitative estimate of drug-likeness (QED) is 0.605. The van der Waals surface area contributed by atoms with E-state index in [1.807, 2.05) is 0 Å². The Morgan fingerprint density at radius 2 is 2.30 bits per heavy atom. The zero-order valence-corrected chi connectivity index (χ0v) is 7.61. The van der Waals surface area contributed by atoms with Gasteiger partial charge in [-0.2, -0.15) is 0 Å². The van der Waals surface area contributed by atoms with Gasteiger partial charge in [0.2, 0.25) is 0 Å². The van der Waals surface area contributed by atoms with Crippen LogP contribution in [0.2, 0.25) is 0 Å². The van der Waals surface area contributed by atoms with E-state index in [0.717, 1.165) is 0 Å². The number of aryl methyl sites for hydroxylation is 1. The second-order valence-corrected chi connectivity index (χ2v) is 3.66. The molecular weight excluding hydrogens is 190 g/mol. The Bertz CT molecular complexity index is 262. The molecule has 0 atom stereocenters. The zero-order chi connectivity index (χ0) is 7.14. The van der Waals surface area contributed by atoms with Crippen LogP contribution in [0.15, 0.2) is 10.7 Å². The number of nitrogens with zero attached hydrogens (tertiary/aromatic N) is 1. The van der Waals surface area contributed by atoms with E-state index in [1.165, 1.54) is 35.1 Å². The third-order valence-electron chi connectivity index (χ3n) is 2.25. The van der Waals surface area contributed by atoms with Crippen LogP contribution in [-0.2, 0) is 19.9 Å². The van der Waals surface area contributed by atoms with Crippen LogP contribution in [0.3, 0.4) is 0 Å². The normalized spacial score (nSPS) is 15.8. The summed E-state index contributed by atoms with van der Waals surface area (Å²) in [6.45, 7) is 0. The zero-order valence-electron chi connectivity index (χ0n) is 6.02. The van der Waals surface area contributed by atoms with Gasteiger partial charge in [0.15, 0.2) is 0 Å². The molecule has 0 saturated carbocycles. The summed E-state index contributed by atoms with van der Waals surface area (Å²) in [7, 11) is 2.12. The summed E-state index contributed by atoms with van der Waals surface area (Å²) >= 11 is 3.50. The minimum Gasteiger partial charge on any atom is -0.342 e. The van der Waals surface area contributed by atoms with Crippen molar-refractivity contribution >= 4 is 15.9 Å². The Balaban J connectivity index is 2.59. The molecule has 0 radical (unpaired) electrons. The van der Waals surface area contributed by atoms with Crippen molar-refractivity contribution in [3.8, 4) is 0 Å². The van der Waals surface area contributed by atoms with E-state index in [9.17, 15) is 0 Å². The summed E-state index contributed by atoms with van der Waals surface area (Å²) in [4.78, 5) is 0. The topological polar surface area (TPSA) is 4.93 Å². The lowest BCUT2D eigenvalue weighted by molar-refractivity contribution is 0.795. The molecule has 0 bridgehead atoms. The number of aromatic nitrogens is 1. The van der Waals surface area contributed by atoms with Crippen molar-refractivity contribution in [2.75, 3.05) is 0 Å². The first-order valence-electron chi connectivity index (χ1n) is 3.62. The second kappa shape index (κ2) is 2.12. The summed E-state index contributed by atoms with van der Waals surface area (Å²) in [6, 6.07) is 2.24. The highest BCUT2D eigenvalue weighted by atomic mass is 79.9. The third kappa shape index (κ3) is 0.749. The first kappa shape index (κ1) is 6.47. The van der Waals surface area contributed by atoms with Crippen LogP contribution in [0.25, 0.3) is 0 Å². The highest BCUT2D eigenvalue weighted by Crippen LogP contribution is 2.27. The lowest BCUT2D eigenvalue weighted by Crippen LogP contribution is -1.93. The van der Waals surface area contributed by atoms with Crippen LogP contribution >= 0.6 is 15.9 Å². The fourth-order valence-electron chi connectivity index (χ4n) is 1.66. The van der Waals surface area contributed by atoms with Gasteiger partial charge in [0.05, 0.1) is 4.60 Å². The lowest BCUT2D eigenvalue weighted by Gasteiger charge is -1.98. The number of fused-ring (bicyclic) bond motifs is 1. The van der Waals surface area contributed by atoms with Crippen LogP contribution in [0, 0.1) is 0 Å². The van der Waals surface area contributed by atoms with E-state index in [2.05, 4.69) is 33.6 Å². The van der Waals surface area contributed by atoms with E-state index in [-0.39, 0.29) is 0 Å². The Morgan fingerprint density at radius 3 is 3.00 bits per heavy atom. The van der Waals surface area contributed by atoms with Crippen LogP contribution in [0.5, 0.6) is 0 Å². The highest BCUT2D eigenvalue weighted by Gasteiger charge is 2.15. The van der Waals surface area contributed by atoms with Crippen molar-refractivity contribution < 1.29 is 0 Å². The van der Waals surface area contributed by atoms with E-state index >= 15 is 0 Å². The van der Waals surface area contributed by atoms with Gasteiger partial charge in [-0.3, -0.25) is 0 Å². The van der Waals surface area contributed by atoms with Crippen molar-refractivity contribution in [1.82, 2.24) is 4.57 Å². The van der Waals surface area contributed by atoms with Gasteiger partial charge in [0.1, 0.15) is 0 Å². The van der Waals surface area contributed by atoms with Gasteiger partial charge in [0.25, 0.3) is 0 Å². The fourth-order valence-corrected chi connectivity index (χ4v) is 2.15. The predicted octanol–water partition coefficient (Wildman–Crippen LogP) is 2.28. The molecule has 0 unspecified atom stereocenters. The molecule has 1 aromatic heterocycles. The van der Waals surface area contributed by atoms with Crippen molar-refractivity contribution in [3.63, 3.8) is 0 Å². The number of hydrogen-bond donors (Lipinski definition) is 0. The minimum atomic E-state index is 1.22. The molecule has 2 heteroatoms. The molecule has 1 heterocycles. The summed E-state index contributed by atoms with van der Waals surface area (Å²) in [5, 5.41) is 0. The average molecular weight is 200 g/mol. The van der Waals surface area contributed by atoms with Crippen molar-refractivity contribution in [3.05, 3.63) is 21.9 Å². The second-order valence-electron chi connectivity index (χ2n) is 2.85. The van der Waals surface area contributed by atoms with E-state index in [4.69, 9.17) is 0 Å². The molecule has 0 fully saturated rings. The molecular formula is C8H10BrN. The summed E-state index contributed by atoms with van der Waals surface area (Å²) in [5.41, 5.74) is 3.06. The third-order valence-corrected chi connectivity index (χ3v) is 3.01. The van der Waals surface area contributed by atoms with Crippen LogP contribution in [0.4, 0.5) is 0 Å². The maximum atomic E-state index is 3.50. The van der Waals surface area contributed by atoms with Crippen molar-refractivity contribution in [1.29, 1.82) is 0 Å². The largest absolute Gasteiger partial charge is 0.342 e. The first-order chi connectivity index (χ1) is 4.79. The molecule has 0 N–H and O–H groups in total. The molecule has 0 aliphatic heterocycles. The monoisotopic (exact) mass is 199 g/mol. The van der Waals surface area contributed by atoms with Gasteiger partial charge < -0.3 is 4.57 Å². The molecule has 10 heavy (non-hydrogen) atoms. The standard InChI is InChI=1S/C8H10BrN/c1-10-7-4-2-3-6(7)5-8(10)9/h5H,2-4H2,1H3. The Kier molecular flexibility index (Phi) is 1.37. The Hall–Kier alpha value is -0.240. The van der Waals surface area contributed by atoms with Crippen molar-refractivity contribution in [2.45, 2.75) is 19.3 Å². The average Bonchev–Trinajstić information content (AvgIpc) is 2.41. The van der Waals surface area contributed by atoms with Gasteiger partial charge in [-0.1, -0.05) is 0 Å². The number of hydrogen-bond acceptors (Lipinski definition) is 0. The van der Waals surface area contributed by atoms with Crippen LogP contribution < -0.4 is 0 Å². The maximum Gasteiger partial charge on any atom is 0.0848 e. The van der Waals surface area contributed by atoms with Crippen LogP contribution in [-0.4, -0.2) is 4.57 Å². The van der Waals surface area contributed by atoms with Gasteiger partial charge >= 0.3 is 0 Å². The molecule has 1 aromatic rings. The summed E-state index contributed by atoms with van der Waals surface area (Å²) < 4.78 is 3.46. The molecule has 0 spiro atoms. The molecule has 1 aliphatic rings. The summed E-state index contributed by atoms with van der Waals surface area (Å²) in [5.74, 6) is 0. The van der Waals surface area contributed by atoms with Gasteiger partial charge in [-0.25, -0.2) is 0 Å². The molecule has 0 aromatic carbocycles. The number of rotatable bonds is 0.